The van der Waals surface area contributed by atoms with Gasteiger partial charge in [-0.2, -0.15) is 0 Å². The van der Waals surface area contributed by atoms with Crippen LogP contribution in [0.5, 0.6) is 0 Å². The molecule has 0 aromatic rings. The number of ether oxygens (including phenoxy) is 2. The molecule has 6 heteroatoms. The molecule has 156 valence electrons. The first kappa shape index (κ1) is 23.9. The fourth-order valence-corrected chi connectivity index (χ4v) is 4.64. The zero-order chi connectivity index (χ0) is 21.0. The van der Waals surface area contributed by atoms with Crippen LogP contribution in [0.2, 0.25) is 18.1 Å². The molecular formula is C21H38O5Si. The summed E-state index contributed by atoms with van der Waals surface area (Å²) in [6.07, 6.45) is 6.39. The number of esters is 2. The maximum atomic E-state index is 12.1. The van der Waals surface area contributed by atoms with E-state index in [9.17, 15) is 9.59 Å². The highest BCUT2D eigenvalue weighted by molar-refractivity contribution is 6.74. The second-order valence-electron chi connectivity index (χ2n) is 9.51. The largest absolute Gasteiger partial charge is 0.468 e. The van der Waals surface area contributed by atoms with Crippen molar-refractivity contribution in [1.29, 1.82) is 0 Å². The molecule has 0 spiro atoms. The minimum absolute atomic E-state index is 0.0296. The molecule has 1 rings (SSSR count). The van der Waals surface area contributed by atoms with Crippen molar-refractivity contribution in [2.75, 3.05) is 14.2 Å². The smallest absolute Gasteiger partial charge is 0.320 e. The summed E-state index contributed by atoms with van der Waals surface area (Å²) in [5.74, 6) is -1.57. The Labute approximate surface area is 166 Å². The van der Waals surface area contributed by atoms with E-state index in [2.05, 4.69) is 59.9 Å². The van der Waals surface area contributed by atoms with Gasteiger partial charge in [0, 0.05) is 0 Å². The Kier molecular flexibility index (Phi) is 7.88. The minimum atomic E-state index is -1.96. The van der Waals surface area contributed by atoms with Gasteiger partial charge < -0.3 is 13.9 Å². The molecule has 0 amide bonds. The molecule has 0 N–H and O–H groups in total. The molecule has 0 radical (unpaired) electrons. The molecule has 0 aromatic heterocycles. The van der Waals surface area contributed by atoms with E-state index in [1.807, 2.05) is 0 Å². The Morgan fingerprint density at radius 2 is 1.70 bits per heavy atom. The van der Waals surface area contributed by atoms with Crippen molar-refractivity contribution in [1.82, 2.24) is 0 Å². The van der Waals surface area contributed by atoms with Gasteiger partial charge in [-0.25, -0.2) is 0 Å². The highest BCUT2D eigenvalue weighted by Crippen LogP contribution is 2.47. The molecule has 0 saturated carbocycles. The summed E-state index contributed by atoms with van der Waals surface area (Å²) in [7, 11) is 0.643. The summed E-state index contributed by atoms with van der Waals surface area (Å²) in [5.41, 5.74) is -0.162. The average molecular weight is 399 g/mol. The molecule has 1 aliphatic rings. The number of hydrogen-bond donors (Lipinski definition) is 0. The molecule has 0 saturated heterocycles. The molecule has 0 unspecified atom stereocenters. The van der Waals surface area contributed by atoms with Crippen molar-refractivity contribution in [3.63, 3.8) is 0 Å². The predicted octanol–water partition coefficient (Wildman–Crippen LogP) is 4.72. The fourth-order valence-electron chi connectivity index (χ4n) is 3.30. The zero-order valence-corrected chi connectivity index (χ0v) is 19.5. The summed E-state index contributed by atoms with van der Waals surface area (Å²) in [6, 6.07) is 0. The summed E-state index contributed by atoms with van der Waals surface area (Å²) >= 11 is 0. The number of carbonyl (C=O) groups is 2. The van der Waals surface area contributed by atoms with Gasteiger partial charge in [-0.3, -0.25) is 9.59 Å². The van der Waals surface area contributed by atoms with Crippen LogP contribution in [-0.4, -0.2) is 40.6 Å². The standard InChI is InChI=1S/C21H38O5Si/c1-15-11-10-12-17(26-27(8,9)20(2,3)4)21(15,5)14-13-16(18(22)24-6)19(23)25-7/h10,12,15-17H,11,13-14H2,1-9H3/t15-,17-,21+/m1/s1. The topological polar surface area (TPSA) is 61.8 Å². The lowest BCUT2D eigenvalue weighted by Crippen LogP contribution is -2.50. The normalized spacial score (nSPS) is 26.1. The first-order valence-corrected chi connectivity index (χ1v) is 12.7. The number of rotatable bonds is 7. The van der Waals surface area contributed by atoms with Gasteiger partial charge in [-0.15, -0.1) is 0 Å². The molecule has 0 bridgehead atoms. The van der Waals surface area contributed by atoms with Crippen LogP contribution in [0.25, 0.3) is 0 Å². The van der Waals surface area contributed by atoms with Gasteiger partial charge in [0.1, 0.15) is 0 Å². The van der Waals surface area contributed by atoms with Gasteiger partial charge in [-0.05, 0) is 48.7 Å². The van der Waals surface area contributed by atoms with Gasteiger partial charge in [0.05, 0.1) is 20.3 Å². The second kappa shape index (κ2) is 8.91. The monoisotopic (exact) mass is 398 g/mol. The van der Waals surface area contributed by atoms with Crippen LogP contribution in [-0.2, 0) is 23.5 Å². The van der Waals surface area contributed by atoms with Crippen molar-refractivity contribution >= 4 is 20.3 Å². The van der Waals surface area contributed by atoms with Crippen LogP contribution in [0.4, 0.5) is 0 Å². The first-order chi connectivity index (χ1) is 12.3. The number of carbonyl (C=O) groups excluding carboxylic acids is 2. The highest BCUT2D eigenvalue weighted by atomic mass is 28.4. The van der Waals surface area contributed by atoms with Gasteiger partial charge in [0.25, 0.3) is 0 Å². The summed E-state index contributed by atoms with van der Waals surface area (Å²) in [4.78, 5) is 24.1. The van der Waals surface area contributed by atoms with Crippen LogP contribution < -0.4 is 0 Å². The fraction of sp³-hybridized carbons (Fsp3) is 0.810. The lowest BCUT2D eigenvalue weighted by atomic mass is 9.66. The van der Waals surface area contributed by atoms with E-state index in [4.69, 9.17) is 13.9 Å². The van der Waals surface area contributed by atoms with E-state index in [0.717, 1.165) is 6.42 Å². The molecule has 0 fully saturated rings. The molecule has 0 heterocycles. The maximum Gasteiger partial charge on any atom is 0.320 e. The van der Waals surface area contributed by atoms with Crippen molar-refractivity contribution in [3.05, 3.63) is 12.2 Å². The molecule has 0 aromatic carbocycles. The van der Waals surface area contributed by atoms with Crippen molar-refractivity contribution in [2.24, 2.45) is 17.3 Å². The Hall–Kier alpha value is -1.14. The van der Waals surface area contributed by atoms with Gasteiger partial charge in [-0.1, -0.05) is 46.8 Å². The number of allylic oxidation sites excluding steroid dienone is 1. The Bertz CT molecular complexity index is 547. The van der Waals surface area contributed by atoms with E-state index >= 15 is 0 Å². The molecule has 3 atom stereocenters. The van der Waals surface area contributed by atoms with Crippen LogP contribution in [0.3, 0.4) is 0 Å². The van der Waals surface area contributed by atoms with Crippen molar-refractivity contribution < 1.29 is 23.5 Å². The van der Waals surface area contributed by atoms with Crippen molar-refractivity contribution in [3.8, 4) is 0 Å². The number of methoxy groups -OCH3 is 2. The molecule has 0 aliphatic heterocycles. The van der Waals surface area contributed by atoms with Crippen molar-refractivity contribution in [2.45, 2.75) is 78.1 Å². The second-order valence-corrected chi connectivity index (χ2v) is 14.3. The molecule has 1 aliphatic carbocycles. The molecular weight excluding hydrogens is 360 g/mol. The summed E-state index contributed by atoms with van der Waals surface area (Å²) in [5, 5.41) is 0.114. The van der Waals surface area contributed by atoms with E-state index in [1.165, 1.54) is 14.2 Å². The van der Waals surface area contributed by atoms with Gasteiger partial charge in [0.15, 0.2) is 14.2 Å². The molecule has 5 nitrogen and oxygen atoms in total. The SMILES string of the molecule is COC(=O)C(CC[C@@]1(C)[C@H](C)CC=C[C@H]1O[Si](C)(C)C(C)(C)C)C(=O)OC. The summed E-state index contributed by atoms with van der Waals surface area (Å²) < 4.78 is 16.4. The highest BCUT2D eigenvalue weighted by Gasteiger charge is 2.47. The van der Waals surface area contributed by atoms with Crippen LogP contribution in [0.15, 0.2) is 12.2 Å². The third-order valence-electron chi connectivity index (χ3n) is 6.75. The quantitative estimate of drug-likeness (QED) is 0.269. The minimum Gasteiger partial charge on any atom is -0.468 e. The third kappa shape index (κ3) is 5.44. The summed E-state index contributed by atoms with van der Waals surface area (Å²) in [6.45, 7) is 15.6. The van der Waals surface area contributed by atoms with Gasteiger partial charge in [0.2, 0.25) is 0 Å². The van der Waals surface area contributed by atoms with E-state index < -0.39 is 26.2 Å². The van der Waals surface area contributed by atoms with E-state index in [-0.39, 0.29) is 16.6 Å². The average Bonchev–Trinajstić information content (AvgIpc) is 2.57. The van der Waals surface area contributed by atoms with Crippen LogP contribution >= 0.6 is 0 Å². The van der Waals surface area contributed by atoms with Crippen LogP contribution in [0.1, 0.15) is 53.9 Å². The maximum absolute atomic E-state index is 12.1. The first-order valence-electron chi connectivity index (χ1n) is 9.80. The number of hydrogen-bond acceptors (Lipinski definition) is 5. The van der Waals surface area contributed by atoms with Crippen LogP contribution in [0, 0.1) is 17.3 Å². The Balaban J connectivity index is 3.06. The lowest BCUT2D eigenvalue weighted by molar-refractivity contribution is -0.159. The lowest BCUT2D eigenvalue weighted by Gasteiger charge is -2.49. The molecule has 27 heavy (non-hydrogen) atoms. The Morgan fingerprint density at radius 3 is 2.15 bits per heavy atom. The van der Waals surface area contributed by atoms with E-state index in [1.54, 1.807) is 0 Å². The van der Waals surface area contributed by atoms with E-state index in [0.29, 0.717) is 18.8 Å². The zero-order valence-electron chi connectivity index (χ0n) is 18.5. The Morgan fingerprint density at radius 1 is 1.19 bits per heavy atom. The van der Waals surface area contributed by atoms with Gasteiger partial charge >= 0.3 is 11.9 Å². The predicted molar refractivity (Wildman–Crippen MR) is 110 cm³/mol. The third-order valence-corrected chi connectivity index (χ3v) is 11.2.